The largest absolute Gasteiger partial charge is 0.465 e. The molecule has 1 heterocycles. The lowest BCUT2D eigenvalue weighted by atomic mass is 10.1. The van der Waals surface area contributed by atoms with Gasteiger partial charge in [0.05, 0.1) is 24.8 Å². The van der Waals surface area contributed by atoms with E-state index in [1.165, 1.54) is 12.1 Å². The van der Waals surface area contributed by atoms with Crippen LogP contribution in [0.25, 0.3) is 0 Å². The summed E-state index contributed by atoms with van der Waals surface area (Å²) in [6.07, 6.45) is 2.13. The van der Waals surface area contributed by atoms with Crippen LogP contribution in [0.4, 0.5) is 4.39 Å². The number of halogens is 1. The van der Waals surface area contributed by atoms with Crippen molar-refractivity contribution >= 4 is 17.8 Å². The third-order valence-electron chi connectivity index (χ3n) is 7.39. The normalized spacial score (nSPS) is 19.4. The second-order valence-corrected chi connectivity index (χ2v) is 10.2. The molecule has 9 nitrogen and oxygen atoms in total. The van der Waals surface area contributed by atoms with Gasteiger partial charge < -0.3 is 20.3 Å². The maximum atomic E-state index is 13.5. The number of benzene rings is 2. The highest BCUT2D eigenvalue weighted by molar-refractivity contribution is 5.97. The van der Waals surface area contributed by atoms with Crippen molar-refractivity contribution < 1.29 is 23.5 Å². The van der Waals surface area contributed by atoms with Crippen molar-refractivity contribution in [3.63, 3.8) is 0 Å². The molecule has 0 radical (unpaired) electrons. The van der Waals surface area contributed by atoms with Crippen LogP contribution in [0, 0.1) is 17.1 Å². The first-order valence-corrected chi connectivity index (χ1v) is 13.8. The molecule has 4 rings (SSSR count). The molecule has 2 aliphatic rings. The highest BCUT2D eigenvalue weighted by Crippen LogP contribution is 2.40. The number of carbonyl (C=O) groups excluding carboxylic acids is 3. The minimum atomic E-state index is -0.700. The lowest BCUT2D eigenvalue weighted by molar-refractivity contribution is -0.145. The van der Waals surface area contributed by atoms with E-state index in [9.17, 15) is 18.8 Å². The number of carbonyl (C=O) groups is 3. The summed E-state index contributed by atoms with van der Waals surface area (Å²) in [5.74, 6) is -0.670. The number of piperazine rings is 1. The van der Waals surface area contributed by atoms with Gasteiger partial charge in [-0.3, -0.25) is 19.3 Å². The van der Waals surface area contributed by atoms with E-state index >= 15 is 0 Å². The number of ether oxygens (including phenoxy) is 1. The van der Waals surface area contributed by atoms with Crippen LogP contribution in [0.5, 0.6) is 0 Å². The number of amides is 2. The van der Waals surface area contributed by atoms with Gasteiger partial charge in [-0.15, -0.1) is 0 Å². The van der Waals surface area contributed by atoms with Crippen molar-refractivity contribution in [2.75, 3.05) is 45.9 Å². The number of hydrogen-bond donors (Lipinski definition) is 2. The van der Waals surface area contributed by atoms with E-state index in [0.717, 1.165) is 12.0 Å². The Labute approximate surface area is 234 Å². The third-order valence-corrected chi connectivity index (χ3v) is 7.39. The van der Waals surface area contributed by atoms with Gasteiger partial charge in [0.2, 0.25) is 5.91 Å². The fourth-order valence-electron chi connectivity index (χ4n) is 5.02. The van der Waals surface area contributed by atoms with Gasteiger partial charge in [-0.2, -0.15) is 5.26 Å². The van der Waals surface area contributed by atoms with Crippen molar-refractivity contribution in [3.05, 3.63) is 71.0 Å². The molecule has 3 atom stereocenters. The molecule has 1 saturated carbocycles. The van der Waals surface area contributed by atoms with Gasteiger partial charge in [-0.25, -0.2) is 4.39 Å². The molecule has 0 bridgehead atoms. The summed E-state index contributed by atoms with van der Waals surface area (Å²) in [6.45, 7) is 5.00. The Morgan fingerprint density at radius 1 is 1.07 bits per heavy atom. The second kappa shape index (κ2) is 14.0. The molecular formula is C30H36FN5O4. The third kappa shape index (κ3) is 8.10. The highest BCUT2D eigenvalue weighted by atomic mass is 19.1. The summed E-state index contributed by atoms with van der Waals surface area (Å²) in [5, 5.41) is 15.4. The first-order chi connectivity index (χ1) is 19.4. The lowest BCUT2D eigenvalue weighted by Crippen LogP contribution is -2.55. The maximum Gasteiger partial charge on any atom is 0.320 e. The minimum Gasteiger partial charge on any atom is -0.465 e. The van der Waals surface area contributed by atoms with Gasteiger partial charge in [-0.1, -0.05) is 12.1 Å². The number of nitrogens with one attached hydrogen (secondary N) is 2. The van der Waals surface area contributed by atoms with Gasteiger partial charge in [-0.05, 0) is 74.7 Å². The highest BCUT2D eigenvalue weighted by Gasteiger charge is 2.37. The van der Waals surface area contributed by atoms with Crippen LogP contribution in [0.3, 0.4) is 0 Å². The van der Waals surface area contributed by atoms with Crippen LogP contribution in [0.1, 0.15) is 53.6 Å². The zero-order valence-corrected chi connectivity index (χ0v) is 22.8. The zero-order valence-electron chi connectivity index (χ0n) is 22.8. The van der Waals surface area contributed by atoms with Gasteiger partial charge in [0.25, 0.3) is 5.91 Å². The van der Waals surface area contributed by atoms with Crippen LogP contribution in [-0.2, 0) is 14.3 Å². The molecule has 2 aromatic carbocycles. The molecule has 0 aromatic heterocycles. The van der Waals surface area contributed by atoms with Crippen LogP contribution < -0.4 is 10.6 Å². The summed E-state index contributed by atoms with van der Waals surface area (Å²) < 4.78 is 18.2. The van der Waals surface area contributed by atoms with E-state index in [0.29, 0.717) is 75.3 Å². The molecule has 2 amide bonds. The molecule has 2 fully saturated rings. The second-order valence-electron chi connectivity index (χ2n) is 10.2. The van der Waals surface area contributed by atoms with E-state index in [1.807, 2.05) is 23.1 Å². The van der Waals surface area contributed by atoms with Crippen LogP contribution in [0.15, 0.2) is 48.5 Å². The van der Waals surface area contributed by atoms with E-state index in [4.69, 9.17) is 10.00 Å². The van der Waals surface area contributed by atoms with Crippen molar-refractivity contribution in [1.29, 1.82) is 5.26 Å². The standard InChI is InChI=1S/C30H36FN5O4/c1-2-40-28(37)20-35-14-16-36(17-15-35)30(39)26(34-29(38)23-7-5-21(19-32)6-8-23)4-3-13-33-27-18-25(27)22-9-11-24(31)12-10-22/h5-12,25-27,33H,2-4,13-18,20H2,1H3,(H,34,38)/t25-,26-,27?/m0/s1. The smallest absolute Gasteiger partial charge is 0.320 e. The first-order valence-electron chi connectivity index (χ1n) is 13.8. The van der Waals surface area contributed by atoms with Gasteiger partial charge >= 0.3 is 5.97 Å². The molecule has 212 valence electrons. The van der Waals surface area contributed by atoms with Crippen LogP contribution >= 0.6 is 0 Å². The van der Waals surface area contributed by atoms with Gasteiger partial charge in [0, 0.05) is 43.7 Å². The quantitative estimate of drug-likeness (QED) is 0.309. The Morgan fingerprint density at radius 2 is 1.77 bits per heavy atom. The molecule has 2 aromatic rings. The Morgan fingerprint density at radius 3 is 2.42 bits per heavy atom. The lowest BCUT2D eigenvalue weighted by Gasteiger charge is -2.36. The van der Waals surface area contributed by atoms with E-state index in [2.05, 4.69) is 10.6 Å². The fourth-order valence-corrected chi connectivity index (χ4v) is 5.02. The molecule has 1 saturated heterocycles. The number of nitriles is 1. The molecule has 0 spiro atoms. The molecule has 2 N–H and O–H groups in total. The van der Waals surface area contributed by atoms with Crippen molar-refractivity contribution in [3.8, 4) is 6.07 Å². The fraction of sp³-hybridized carbons (Fsp3) is 0.467. The molecule has 1 unspecified atom stereocenters. The predicted molar refractivity (Wildman–Crippen MR) is 147 cm³/mol. The molecular weight excluding hydrogens is 513 g/mol. The Balaban J connectivity index is 1.31. The van der Waals surface area contributed by atoms with Crippen LogP contribution in [0.2, 0.25) is 0 Å². The summed E-state index contributed by atoms with van der Waals surface area (Å²) in [4.78, 5) is 42.0. The topological polar surface area (TPSA) is 115 Å². The zero-order chi connectivity index (χ0) is 28.5. The minimum absolute atomic E-state index is 0.145. The average Bonchev–Trinajstić information content (AvgIpc) is 3.74. The first kappa shape index (κ1) is 29.2. The van der Waals surface area contributed by atoms with Crippen molar-refractivity contribution in [2.45, 2.75) is 44.2 Å². The Hall–Kier alpha value is -3.81. The van der Waals surface area contributed by atoms with Crippen LogP contribution in [-0.4, -0.2) is 85.5 Å². The monoisotopic (exact) mass is 549 g/mol. The number of hydrogen-bond acceptors (Lipinski definition) is 7. The Bertz CT molecular complexity index is 1210. The van der Waals surface area contributed by atoms with Crippen molar-refractivity contribution in [2.24, 2.45) is 0 Å². The van der Waals surface area contributed by atoms with Crippen molar-refractivity contribution in [1.82, 2.24) is 20.4 Å². The SMILES string of the molecule is CCOC(=O)CN1CCN(C(=O)[C@H](CCCNC2C[C@H]2c2ccc(F)cc2)NC(=O)c2ccc(C#N)cc2)CC1. The summed E-state index contributed by atoms with van der Waals surface area (Å²) >= 11 is 0. The predicted octanol–water partition coefficient (Wildman–Crippen LogP) is 2.43. The number of nitrogens with zero attached hydrogens (tertiary/aromatic N) is 3. The van der Waals surface area contributed by atoms with Gasteiger partial charge in [0.1, 0.15) is 11.9 Å². The van der Waals surface area contributed by atoms with Gasteiger partial charge in [0.15, 0.2) is 0 Å². The number of rotatable bonds is 12. The number of esters is 1. The average molecular weight is 550 g/mol. The van der Waals surface area contributed by atoms with E-state index < -0.39 is 6.04 Å². The van der Waals surface area contributed by atoms with E-state index in [-0.39, 0.29) is 30.1 Å². The molecule has 1 aliphatic heterocycles. The maximum absolute atomic E-state index is 13.5. The molecule has 10 heteroatoms. The van der Waals surface area contributed by atoms with E-state index in [1.54, 1.807) is 36.1 Å². The summed E-state index contributed by atoms with van der Waals surface area (Å²) in [7, 11) is 0. The molecule has 40 heavy (non-hydrogen) atoms. The molecule has 1 aliphatic carbocycles. The Kier molecular flexibility index (Phi) is 10.2. The summed E-state index contributed by atoms with van der Waals surface area (Å²) in [6, 6.07) is 14.6. The summed E-state index contributed by atoms with van der Waals surface area (Å²) in [5.41, 5.74) is 1.95.